The van der Waals surface area contributed by atoms with Gasteiger partial charge in [0, 0.05) is 28.4 Å². The number of benzene rings is 1. The molecular weight excluding hydrogens is 400 g/mol. The van der Waals surface area contributed by atoms with Crippen LogP contribution in [0.3, 0.4) is 0 Å². The van der Waals surface area contributed by atoms with Gasteiger partial charge in [0.25, 0.3) is 5.91 Å². The molecule has 1 fully saturated rings. The van der Waals surface area contributed by atoms with Gasteiger partial charge in [-0.2, -0.15) is 4.31 Å². The Morgan fingerprint density at radius 2 is 1.82 bits per heavy atom. The largest absolute Gasteiger partial charge is 0.485 e. The third-order valence-corrected chi connectivity index (χ3v) is 7.48. The molecule has 0 spiro atoms. The first-order valence-electron chi connectivity index (χ1n) is 8.87. The van der Waals surface area contributed by atoms with Crippen LogP contribution in [-0.4, -0.2) is 44.1 Å². The highest BCUT2D eigenvalue weighted by Gasteiger charge is 2.28. The zero-order chi connectivity index (χ0) is 20.5. The second-order valence-corrected chi connectivity index (χ2v) is 10.1. The number of hydrogen-bond donors (Lipinski definition) is 1. The van der Waals surface area contributed by atoms with Crippen LogP contribution in [0.2, 0.25) is 0 Å². The van der Waals surface area contributed by atoms with Crippen molar-refractivity contribution in [1.29, 1.82) is 0 Å². The van der Waals surface area contributed by atoms with E-state index in [1.807, 2.05) is 13.8 Å². The van der Waals surface area contributed by atoms with E-state index in [4.69, 9.17) is 10.5 Å². The van der Waals surface area contributed by atoms with Crippen LogP contribution in [0.25, 0.3) is 0 Å². The Hall–Kier alpha value is -2.23. The molecule has 0 bridgehead atoms. The molecule has 1 amide bonds. The molecule has 0 atom stereocenters. The van der Waals surface area contributed by atoms with Gasteiger partial charge in [0.15, 0.2) is 6.61 Å². The molecule has 1 aromatic heterocycles. The first kappa shape index (κ1) is 20.5. The van der Waals surface area contributed by atoms with Gasteiger partial charge < -0.3 is 10.5 Å². The van der Waals surface area contributed by atoms with E-state index in [2.05, 4.69) is 0 Å². The van der Waals surface area contributed by atoms with Gasteiger partial charge in [-0.05, 0) is 51.0 Å². The van der Waals surface area contributed by atoms with Gasteiger partial charge in [-0.15, -0.1) is 11.3 Å². The second-order valence-electron chi connectivity index (χ2n) is 6.67. The lowest BCUT2D eigenvalue weighted by Gasteiger charge is -2.17. The quantitative estimate of drug-likeness (QED) is 0.690. The molecule has 2 N–H and O–H groups in total. The molecule has 9 heteroatoms. The maximum Gasteiger partial charge on any atom is 0.252 e. The number of ketones is 1. The lowest BCUT2D eigenvalue weighted by atomic mass is 10.1. The highest BCUT2D eigenvalue weighted by Crippen LogP contribution is 2.27. The van der Waals surface area contributed by atoms with E-state index in [9.17, 15) is 18.0 Å². The van der Waals surface area contributed by atoms with Crippen molar-refractivity contribution >= 4 is 33.1 Å². The van der Waals surface area contributed by atoms with Gasteiger partial charge in [0.05, 0.1) is 10.5 Å². The Bertz CT molecular complexity index is 1020. The van der Waals surface area contributed by atoms with Crippen LogP contribution in [0.5, 0.6) is 5.75 Å². The summed E-state index contributed by atoms with van der Waals surface area (Å²) < 4.78 is 32.3. The Morgan fingerprint density at radius 3 is 2.39 bits per heavy atom. The topological polar surface area (TPSA) is 107 Å². The van der Waals surface area contributed by atoms with Crippen LogP contribution in [0.15, 0.2) is 29.2 Å². The van der Waals surface area contributed by atoms with E-state index in [-0.39, 0.29) is 28.6 Å². The SMILES string of the molecule is Cc1cc(C(=O)COc2ccc(S(=O)(=O)N3CCCC3)cc2C(N)=O)c(C)s1. The maximum absolute atomic E-state index is 12.7. The molecule has 0 unspecified atom stereocenters. The number of hydrogen-bond acceptors (Lipinski definition) is 6. The predicted molar refractivity (Wildman–Crippen MR) is 107 cm³/mol. The Balaban J connectivity index is 1.83. The van der Waals surface area contributed by atoms with E-state index in [0.717, 1.165) is 22.6 Å². The molecule has 3 rings (SSSR count). The number of thiophene rings is 1. The Labute approximate surface area is 168 Å². The van der Waals surface area contributed by atoms with Crippen molar-refractivity contribution < 1.29 is 22.7 Å². The Kier molecular flexibility index (Phi) is 5.87. The zero-order valence-corrected chi connectivity index (χ0v) is 17.4. The van der Waals surface area contributed by atoms with Crippen LogP contribution in [0.1, 0.15) is 43.3 Å². The smallest absolute Gasteiger partial charge is 0.252 e. The van der Waals surface area contributed by atoms with Crippen molar-refractivity contribution in [3.05, 3.63) is 45.1 Å². The van der Waals surface area contributed by atoms with Gasteiger partial charge in [-0.1, -0.05) is 0 Å². The van der Waals surface area contributed by atoms with Gasteiger partial charge >= 0.3 is 0 Å². The lowest BCUT2D eigenvalue weighted by molar-refractivity contribution is 0.0912. The normalized spacial score (nSPS) is 14.9. The summed E-state index contributed by atoms with van der Waals surface area (Å²) in [5, 5.41) is 0. The molecule has 28 heavy (non-hydrogen) atoms. The van der Waals surface area contributed by atoms with E-state index in [1.165, 1.54) is 33.8 Å². The van der Waals surface area contributed by atoms with Crippen molar-refractivity contribution in [1.82, 2.24) is 4.31 Å². The van der Waals surface area contributed by atoms with Crippen LogP contribution < -0.4 is 10.5 Å². The molecule has 150 valence electrons. The number of sulfonamides is 1. The van der Waals surface area contributed by atoms with E-state index in [1.54, 1.807) is 6.07 Å². The van der Waals surface area contributed by atoms with Crippen molar-refractivity contribution in [2.75, 3.05) is 19.7 Å². The summed E-state index contributed by atoms with van der Waals surface area (Å²) in [6.07, 6.45) is 1.62. The fourth-order valence-electron chi connectivity index (χ4n) is 3.19. The molecule has 1 aromatic carbocycles. The average molecular weight is 423 g/mol. The third kappa shape index (κ3) is 4.11. The number of rotatable bonds is 7. The summed E-state index contributed by atoms with van der Waals surface area (Å²) in [5.74, 6) is -0.944. The minimum Gasteiger partial charge on any atom is -0.485 e. The Morgan fingerprint density at radius 1 is 1.14 bits per heavy atom. The summed E-state index contributed by atoms with van der Waals surface area (Å²) in [5.41, 5.74) is 5.93. The molecule has 1 aliphatic heterocycles. The number of nitrogens with two attached hydrogens (primary N) is 1. The fraction of sp³-hybridized carbons (Fsp3) is 0.368. The molecule has 1 saturated heterocycles. The molecule has 7 nitrogen and oxygen atoms in total. The molecule has 1 aliphatic rings. The number of carbonyl (C=O) groups is 2. The van der Waals surface area contributed by atoms with E-state index < -0.39 is 15.9 Å². The molecule has 0 radical (unpaired) electrons. The number of amides is 1. The lowest BCUT2D eigenvalue weighted by Crippen LogP contribution is -2.28. The number of Topliss-reactive ketones (excluding diaryl/α,β-unsaturated/α-hetero) is 1. The highest BCUT2D eigenvalue weighted by molar-refractivity contribution is 7.89. The minimum absolute atomic E-state index is 0.00817. The zero-order valence-electron chi connectivity index (χ0n) is 15.7. The van der Waals surface area contributed by atoms with Crippen molar-refractivity contribution in [2.45, 2.75) is 31.6 Å². The number of nitrogens with zero attached hydrogens (tertiary/aromatic N) is 1. The van der Waals surface area contributed by atoms with E-state index >= 15 is 0 Å². The minimum atomic E-state index is -3.68. The van der Waals surface area contributed by atoms with Crippen LogP contribution in [-0.2, 0) is 10.0 Å². The fourth-order valence-corrected chi connectivity index (χ4v) is 5.68. The van der Waals surface area contributed by atoms with Crippen molar-refractivity contribution in [2.24, 2.45) is 5.73 Å². The van der Waals surface area contributed by atoms with Gasteiger partial charge in [0.1, 0.15) is 5.75 Å². The van der Waals surface area contributed by atoms with Gasteiger partial charge in [-0.3, -0.25) is 9.59 Å². The first-order valence-corrected chi connectivity index (χ1v) is 11.1. The number of aryl methyl sites for hydroxylation is 2. The third-order valence-electron chi connectivity index (χ3n) is 4.62. The van der Waals surface area contributed by atoms with E-state index in [0.29, 0.717) is 18.7 Å². The number of carbonyl (C=O) groups excluding carboxylic acids is 2. The summed E-state index contributed by atoms with van der Waals surface area (Å²) in [4.78, 5) is 26.2. The highest BCUT2D eigenvalue weighted by atomic mass is 32.2. The van der Waals surface area contributed by atoms with Crippen LogP contribution in [0.4, 0.5) is 0 Å². The van der Waals surface area contributed by atoms with Crippen molar-refractivity contribution in [3.8, 4) is 5.75 Å². The molecular formula is C19H22N2O5S2. The summed E-state index contributed by atoms with van der Waals surface area (Å²) in [7, 11) is -3.68. The second kappa shape index (κ2) is 8.02. The predicted octanol–water partition coefficient (Wildman–Crippen LogP) is 2.51. The number of ether oxygens (including phenoxy) is 1. The van der Waals surface area contributed by atoms with Gasteiger partial charge in [-0.25, -0.2) is 8.42 Å². The van der Waals surface area contributed by atoms with Crippen molar-refractivity contribution in [3.63, 3.8) is 0 Å². The maximum atomic E-state index is 12.7. The standard InChI is InChI=1S/C19H22N2O5S2/c1-12-9-15(13(2)27-12)17(22)11-26-18-6-5-14(10-16(18)19(20)23)28(24,25)21-7-3-4-8-21/h5-6,9-10H,3-4,7-8,11H2,1-2H3,(H2,20,23). The molecule has 0 saturated carbocycles. The van der Waals surface area contributed by atoms with Crippen LogP contribution >= 0.6 is 11.3 Å². The summed E-state index contributed by atoms with van der Waals surface area (Å²) in [6.45, 7) is 4.42. The average Bonchev–Trinajstić information content (AvgIpc) is 3.29. The molecule has 2 aromatic rings. The van der Waals surface area contributed by atoms with Gasteiger partial charge in [0.2, 0.25) is 15.8 Å². The molecule has 0 aliphatic carbocycles. The molecule has 2 heterocycles. The monoisotopic (exact) mass is 422 g/mol. The first-order chi connectivity index (χ1) is 13.2. The summed E-state index contributed by atoms with van der Waals surface area (Å²) >= 11 is 1.52. The summed E-state index contributed by atoms with van der Waals surface area (Å²) in [6, 6.07) is 5.77. The van der Waals surface area contributed by atoms with Crippen LogP contribution in [0, 0.1) is 13.8 Å². The number of primary amides is 1.